The van der Waals surface area contributed by atoms with Crippen molar-refractivity contribution in [1.82, 2.24) is 0 Å². The summed E-state index contributed by atoms with van der Waals surface area (Å²) in [6, 6.07) is 5.42. The van der Waals surface area contributed by atoms with Gasteiger partial charge in [0.05, 0.1) is 18.2 Å². The number of benzene rings is 3. The summed E-state index contributed by atoms with van der Waals surface area (Å²) in [5, 5.41) is 41.7. The molecule has 0 aliphatic heterocycles. The third kappa shape index (κ3) is 2.29. The number of ether oxygens (including phenoxy) is 1. The molecule has 0 atom stereocenters. The Morgan fingerprint density at radius 2 is 1.64 bits per heavy atom. The van der Waals surface area contributed by atoms with Gasteiger partial charge in [0.25, 0.3) is 0 Å². The number of fused-ring (bicyclic) bond motifs is 3. The lowest BCUT2D eigenvalue weighted by molar-refractivity contribution is 0.0596. The van der Waals surface area contributed by atoms with Crippen LogP contribution in [0.5, 0.6) is 23.0 Å². The van der Waals surface area contributed by atoms with E-state index in [1.807, 2.05) is 0 Å². The minimum absolute atomic E-state index is 0.0181. The Labute approximate surface area is 159 Å². The average molecular weight is 380 g/mol. The highest BCUT2D eigenvalue weighted by Crippen LogP contribution is 2.44. The Kier molecular flexibility index (Phi) is 3.71. The normalized spacial score (nSPS) is 12.6. The van der Waals surface area contributed by atoms with Gasteiger partial charge in [-0.25, -0.2) is 4.79 Å². The lowest BCUT2D eigenvalue weighted by Crippen LogP contribution is -2.16. The minimum atomic E-state index is -0.765. The molecule has 3 aromatic rings. The van der Waals surface area contributed by atoms with E-state index >= 15 is 0 Å². The molecule has 0 aromatic heterocycles. The molecule has 4 N–H and O–H groups in total. The molecule has 0 spiro atoms. The molecule has 4 rings (SSSR count). The van der Waals surface area contributed by atoms with Gasteiger partial charge < -0.3 is 25.2 Å². The van der Waals surface area contributed by atoms with Gasteiger partial charge in [-0.15, -0.1) is 0 Å². The van der Waals surface area contributed by atoms with Crippen LogP contribution in [0.15, 0.2) is 24.3 Å². The first-order chi connectivity index (χ1) is 13.2. The van der Waals surface area contributed by atoms with Crippen molar-refractivity contribution >= 4 is 22.5 Å². The summed E-state index contributed by atoms with van der Waals surface area (Å²) in [6.45, 7) is 1.54. The van der Waals surface area contributed by atoms with Crippen molar-refractivity contribution in [3.63, 3.8) is 0 Å². The van der Waals surface area contributed by atoms with Crippen molar-refractivity contribution in [3.8, 4) is 23.0 Å². The van der Waals surface area contributed by atoms with Crippen molar-refractivity contribution in [1.29, 1.82) is 0 Å². The number of carbonyl (C=O) groups is 2. The summed E-state index contributed by atoms with van der Waals surface area (Å²) in [5.41, 5.74) is 1.13. The zero-order chi connectivity index (χ0) is 20.3. The van der Waals surface area contributed by atoms with Crippen molar-refractivity contribution in [2.24, 2.45) is 0 Å². The number of aryl methyl sites for hydroxylation is 1. The molecule has 0 unspecified atom stereocenters. The van der Waals surface area contributed by atoms with E-state index in [1.165, 1.54) is 26.2 Å². The molecule has 0 fully saturated rings. The van der Waals surface area contributed by atoms with Gasteiger partial charge in [-0.3, -0.25) is 4.79 Å². The number of phenolic OH excluding ortho intramolecular Hbond substituents is 4. The third-order valence-electron chi connectivity index (χ3n) is 5.12. The van der Waals surface area contributed by atoms with Crippen LogP contribution >= 0.6 is 0 Å². The molecular weight excluding hydrogens is 364 g/mol. The fraction of sp³-hybridized carbons (Fsp3) is 0.143. The molecule has 1 aliphatic carbocycles. The molecule has 0 saturated heterocycles. The Morgan fingerprint density at radius 3 is 2.32 bits per heavy atom. The molecule has 28 heavy (non-hydrogen) atoms. The van der Waals surface area contributed by atoms with E-state index in [4.69, 9.17) is 0 Å². The third-order valence-corrected chi connectivity index (χ3v) is 5.12. The Bertz CT molecular complexity index is 1210. The van der Waals surface area contributed by atoms with Crippen molar-refractivity contribution in [2.75, 3.05) is 7.11 Å². The monoisotopic (exact) mass is 380 g/mol. The first kappa shape index (κ1) is 17.7. The van der Waals surface area contributed by atoms with Gasteiger partial charge in [0.2, 0.25) is 5.78 Å². The molecule has 0 saturated carbocycles. The molecule has 3 aromatic carbocycles. The molecule has 0 heterocycles. The van der Waals surface area contributed by atoms with E-state index < -0.39 is 11.8 Å². The molecule has 0 bridgehead atoms. The zero-order valence-electron chi connectivity index (χ0n) is 15.0. The lowest BCUT2D eigenvalue weighted by atomic mass is 9.81. The van der Waals surface area contributed by atoms with Gasteiger partial charge >= 0.3 is 5.97 Å². The largest absolute Gasteiger partial charge is 0.508 e. The SMILES string of the molecule is COC(=O)c1c(O)cc2cc3c(c(O)c2c1C)C(=O)c1c(O)cc(O)cc1C3. The second-order valence-corrected chi connectivity index (χ2v) is 6.75. The summed E-state index contributed by atoms with van der Waals surface area (Å²) < 4.78 is 4.69. The maximum Gasteiger partial charge on any atom is 0.341 e. The highest BCUT2D eigenvalue weighted by atomic mass is 16.5. The number of phenols is 4. The molecule has 0 radical (unpaired) electrons. The average Bonchev–Trinajstić information content (AvgIpc) is 2.59. The van der Waals surface area contributed by atoms with Gasteiger partial charge in [-0.05, 0) is 53.6 Å². The van der Waals surface area contributed by atoms with Gasteiger partial charge in [-0.1, -0.05) is 0 Å². The van der Waals surface area contributed by atoms with Crippen LogP contribution in [0, 0.1) is 6.92 Å². The van der Waals surface area contributed by atoms with E-state index in [0.29, 0.717) is 16.5 Å². The fourth-order valence-electron chi connectivity index (χ4n) is 3.94. The first-order valence-electron chi connectivity index (χ1n) is 8.43. The Morgan fingerprint density at radius 1 is 0.964 bits per heavy atom. The minimum Gasteiger partial charge on any atom is -0.508 e. The maximum atomic E-state index is 13.0. The van der Waals surface area contributed by atoms with E-state index in [1.54, 1.807) is 6.07 Å². The van der Waals surface area contributed by atoms with E-state index in [9.17, 15) is 30.0 Å². The van der Waals surface area contributed by atoms with Crippen LogP contribution in [0.4, 0.5) is 0 Å². The topological polar surface area (TPSA) is 124 Å². The highest BCUT2D eigenvalue weighted by molar-refractivity contribution is 6.19. The summed E-state index contributed by atoms with van der Waals surface area (Å²) in [7, 11) is 1.18. The van der Waals surface area contributed by atoms with Crippen LogP contribution < -0.4 is 0 Å². The zero-order valence-corrected chi connectivity index (χ0v) is 15.0. The molecule has 142 valence electrons. The van der Waals surface area contributed by atoms with Crippen molar-refractivity contribution < 1.29 is 34.8 Å². The van der Waals surface area contributed by atoms with Crippen LogP contribution in [-0.2, 0) is 11.2 Å². The summed E-state index contributed by atoms with van der Waals surface area (Å²) in [4.78, 5) is 25.0. The number of rotatable bonds is 1. The Balaban J connectivity index is 2.05. The van der Waals surface area contributed by atoms with E-state index in [0.717, 1.165) is 6.07 Å². The van der Waals surface area contributed by atoms with E-state index in [2.05, 4.69) is 4.74 Å². The van der Waals surface area contributed by atoms with Crippen LogP contribution in [0.25, 0.3) is 10.8 Å². The summed E-state index contributed by atoms with van der Waals surface area (Å²) in [5.74, 6) is -2.53. The predicted octanol–water partition coefficient (Wildman–Crippen LogP) is 2.89. The second-order valence-electron chi connectivity index (χ2n) is 6.75. The number of hydrogen-bond donors (Lipinski definition) is 4. The van der Waals surface area contributed by atoms with Crippen LogP contribution in [0.2, 0.25) is 0 Å². The van der Waals surface area contributed by atoms with Gasteiger partial charge in [0.1, 0.15) is 28.6 Å². The van der Waals surface area contributed by atoms with Crippen LogP contribution in [-0.4, -0.2) is 39.3 Å². The molecule has 0 amide bonds. The number of ketones is 1. The number of esters is 1. The maximum absolute atomic E-state index is 13.0. The van der Waals surface area contributed by atoms with Gasteiger partial charge in [0.15, 0.2) is 0 Å². The standard InChI is InChI=1S/C21H16O7/c1-8-15-11(6-13(23)16(8)21(27)28-2)4-9-3-10-5-12(22)7-14(24)17(10)20(26)18(9)19(15)25/h4-7,22-25H,3H2,1-2H3. The van der Waals surface area contributed by atoms with Crippen molar-refractivity contribution in [3.05, 3.63) is 57.6 Å². The summed E-state index contributed by atoms with van der Waals surface area (Å²) in [6.07, 6.45) is 0.195. The van der Waals surface area contributed by atoms with Crippen LogP contribution in [0.3, 0.4) is 0 Å². The second kappa shape index (κ2) is 5.88. The van der Waals surface area contributed by atoms with Crippen molar-refractivity contribution in [2.45, 2.75) is 13.3 Å². The molecule has 7 heteroatoms. The van der Waals surface area contributed by atoms with E-state index in [-0.39, 0.29) is 57.1 Å². The molecular formula is C21H16O7. The smallest absolute Gasteiger partial charge is 0.341 e. The molecule has 7 nitrogen and oxygen atoms in total. The predicted molar refractivity (Wildman–Crippen MR) is 99.4 cm³/mol. The number of carbonyl (C=O) groups excluding carboxylic acids is 2. The number of methoxy groups -OCH3 is 1. The molecule has 1 aliphatic rings. The number of hydrogen-bond acceptors (Lipinski definition) is 7. The lowest BCUT2D eigenvalue weighted by Gasteiger charge is -2.22. The van der Waals surface area contributed by atoms with Gasteiger partial charge in [-0.2, -0.15) is 0 Å². The first-order valence-corrected chi connectivity index (χ1v) is 8.43. The fourth-order valence-corrected chi connectivity index (χ4v) is 3.94. The quantitative estimate of drug-likeness (QED) is 0.374. The Hall–Kier alpha value is -3.74. The van der Waals surface area contributed by atoms with Crippen LogP contribution in [0.1, 0.15) is 43.0 Å². The highest BCUT2D eigenvalue weighted by Gasteiger charge is 2.32. The summed E-state index contributed by atoms with van der Waals surface area (Å²) >= 11 is 0. The van der Waals surface area contributed by atoms with Gasteiger partial charge in [0, 0.05) is 11.5 Å². The number of aromatic hydroxyl groups is 4.